The van der Waals surface area contributed by atoms with Crippen molar-refractivity contribution in [3.63, 3.8) is 0 Å². The topological polar surface area (TPSA) is 48.1 Å². The van der Waals surface area contributed by atoms with Crippen molar-refractivity contribution in [2.45, 2.75) is 27.3 Å². The van der Waals surface area contributed by atoms with Crippen molar-refractivity contribution in [3.05, 3.63) is 51.8 Å². The third-order valence-electron chi connectivity index (χ3n) is 2.99. The SMILES string of the molecule is Cc1cc(Oc2cc(Cl)ccc2C)c(CN)c(C)n1. The second-order valence-electron chi connectivity index (χ2n) is 4.54. The smallest absolute Gasteiger partial charge is 0.135 e. The van der Waals surface area contributed by atoms with Crippen molar-refractivity contribution in [2.24, 2.45) is 5.73 Å². The molecule has 1 aromatic heterocycles. The van der Waals surface area contributed by atoms with E-state index in [0.717, 1.165) is 34.0 Å². The number of hydrogen-bond donors (Lipinski definition) is 1. The number of pyridine rings is 1. The van der Waals surface area contributed by atoms with Crippen molar-refractivity contribution < 1.29 is 4.74 Å². The van der Waals surface area contributed by atoms with Gasteiger partial charge in [0, 0.05) is 34.6 Å². The fourth-order valence-electron chi connectivity index (χ4n) is 1.96. The Labute approximate surface area is 118 Å². The molecular weight excluding hydrogens is 260 g/mol. The van der Waals surface area contributed by atoms with E-state index < -0.39 is 0 Å². The van der Waals surface area contributed by atoms with Gasteiger partial charge in [0.2, 0.25) is 0 Å². The summed E-state index contributed by atoms with van der Waals surface area (Å²) in [7, 11) is 0. The van der Waals surface area contributed by atoms with E-state index in [2.05, 4.69) is 4.98 Å². The molecule has 0 atom stereocenters. The molecule has 0 radical (unpaired) electrons. The van der Waals surface area contributed by atoms with Gasteiger partial charge in [-0.25, -0.2) is 0 Å². The normalized spacial score (nSPS) is 10.6. The molecule has 19 heavy (non-hydrogen) atoms. The molecule has 4 heteroatoms. The first-order valence-electron chi connectivity index (χ1n) is 6.12. The van der Waals surface area contributed by atoms with Gasteiger partial charge in [-0.05, 0) is 38.5 Å². The quantitative estimate of drug-likeness (QED) is 0.924. The van der Waals surface area contributed by atoms with E-state index >= 15 is 0 Å². The number of aromatic nitrogens is 1. The highest BCUT2D eigenvalue weighted by Crippen LogP contribution is 2.31. The van der Waals surface area contributed by atoms with Gasteiger partial charge in [-0.15, -0.1) is 0 Å². The zero-order chi connectivity index (χ0) is 14.0. The summed E-state index contributed by atoms with van der Waals surface area (Å²) in [5.74, 6) is 1.49. The van der Waals surface area contributed by atoms with Gasteiger partial charge in [-0.1, -0.05) is 17.7 Å². The molecule has 1 aromatic carbocycles. The van der Waals surface area contributed by atoms with Crippen LogP contribution in [0.3, 0.4) is 0 Å². The molecule has 0 bridgehead atoms. The maximum absolute atomic E-state index is 6.00. The molecule has 0 saturated heterocycles. The monoisotopic (exact) mass is 276 g/mol. The standard InChI is InChI=1S/C15H17ClN2O/c1-9-4-5-12(16)7-14(9)19-15-6-10(2)18-11(3)13(15)8-17/h4-7H,8,17H2,1-3H3. The maximum atomic E-state index is 6.00. The van der Waals surface area contributed by atoms with Gasteiger partial charge in [0.25, 0.3) is 0 Å². The van der Waals surface area contributed by atoms with Crippen LogP contribution in [-0.2, 0) is 6.54 Å². The van der Waals surface area contributed by atoms with E-state index in [-0.39, 0.29) is 0 Å². The van der Waals surface area contributed by atoms with Crippen LogP contribution in [0, 0.1) is 20.8 Å². The van der Waals surface area contributed by atoms with Gasteiger partial charge >= 0.3 is 0 Å². The number of aryl methyl sites for hydroxylation is 3. The fourth-order valence-corrected chi connectivity index (χ4v) is 2.12. The summed E-state index contributed by atoms with van der Waals surface area (Å²) in [6, 6.07) is 7.48. The molecule has 0 saturated carbocycles. The Morgan fingerprint density at radius 2 is 1.89 bits per heavy atom. The Balaban J connectivity index is 2.45. The van der Waals surface area contributed by atoms with Crippen LogP contribution in [0.15, 0.2) is 24.3 Å². The largest absolute Gasteiger partial charge is 0.457 e. The number of hydrogen-bond acceptors (Lipinski definition) is 3. The lowest BCUT2D eigenvalue weighted by molar-refractivity contribution is 0.470. The Morgan fingerprint density at radius 1 is 1.16 bits per heavy atom. The molecule has 2 N–H and O–H groups in total. The average molecular weight is 277 g/mol. The van der Waals surface area contributed by atoms with Crippen LogP contribution in [0.1, 0.15) is 22.5 Å². The lowest BCUT2D eigenvalue weighted by Crippen LogP contribution is -2.05. The second-order valence-corrected chi connectivity index (χ2v) is 4.98. The Morgan fingerprint density at radius 3 is 2.58 bits per heavy atom. The van der Waals surface area contributed by atoms with E-state index in [1.165, 1.54) is 0 Å². The third-order valence-corrected chi connectivity index (χ3v) is 3.23. The number of rotatable bonds is 3. The molecule has 0 unspecified atom stereocenters. The number of benzene rings is 1. The highest BCUT2D eigenvalue weighted by molar-refractivity contribution is 6.30. The van der Waals surface area contributed by atoms with Crippen molar-refractivity contribution in [1.82, 2.24) is 4.98 Å². The molecule has 1 heterocycles. The van der Waals surface area contributed by atoms with E-state index in [1.54, 1.807) is 0 Å². The van der Waals surface area contributed by atoms with Gasteiger partial charge in [-0.2, -0.15) is 0 Å². The van der Waals surface area contributed by atoms with Crippen molar-refractivity contribution in [2.75, 3.05) is 0 Å². The highest BCUT2D eigenvalue weighted by Gasteiger charge is 2.11. The molecule has 100 valence electrons. The molecule has 3 nitrogen and oxygen atoms in total. The maximum Gasteiger partial charge on any atom is 0.135 e. The average Bonchev–Trinajstić information content (AvgIpc) is 2.33. The van der Waals surface area contributed by atoms with Gasteiger partial charge in [0.1, 0.15) is 11.5 Å². The number of nitrogens with two attached hydrogens (primary N) is 1. The number of ether oxygens (including phenoxy) is 1. The molecule has 0 aliphatic rings. The highest BCUT2D eigenvalue weighted by atomic mass is 35.5. The van der Waals surface area contributed by atoms with Crippen molar-refractivity contribution in [1.29, 1.82) is 0 Å². The van der Waals surface area contributed by atoms with Gasteiger partial charge in [0.15, 0.2) is 0 Å². The minimum absolute atomic E-state index is 0.397. The van der Waals surface area contributed by atoms with E-state index in [1.807, 2.05) is 45.0 Å². The number of halogens is 1. The summed E-state index contributed by atoms with van der Waals surface area (Å²) in [5.41, 5.74) is 9.53. The molecule has 0 aliphatic carbocycles. The first kappa shape index (κ1) is 13.8. The first-order chi connectivity index (χ1) is 9.01. The Bertz CT molecular complexity index is 611. The van der Waals surface area contributed by atoms with E-state index in [0.29, 0.717) is 11.6 Å². The minimum atomic E-state index is 0.397. The Kier molecular flexibility index (Phi) is 4.08. The predicted octanol–water partition coefficient (Wildman–Crippen LogP) is 3.91. The zero-order valence-electron chi connectivity index (χ0n) is 11.3. The van der Waals surface area contributed by atoms with Crippen LogP contribution < -0.4 is 10.5 Å². The summed E-state index contributed by atoms with van der Waals surface area (Å²) in [6.45, 7) is 6.25. The van der Waals surface area contributed by atoms with Gasteiger partial charge in [-0.3, -0.25) is 4.98 Å². The molecule has 2 rings (SSSR count). The predicted molar refractivity (Wildman–Crippen MR) is 77.9 cm³/mol. The summed E-state index contributed by atoms with van der Waals surface area (Å²) >= 11 is 6.00. The van der Waals surface area contributed by atoms with Gasteiger partial charge < -0.3 is 10.5 Å². The van der Waals surface area contributed by atoms with Crippen LogP contribution >= 0.6 is 11.6 Å². The summed E-state index contributed by atoms with van der Waals surface area (Å²) in [4.78, 5) is 4.40. The summed E-state index contributed by atoms with van der Waals surface area (Å²) < 4.78 is 5.97. The van der Waals surface area contributed by atoms with Crippen LogP contribution in [0.4, 0.5) is 0 Å². The van der Waals surface area contributed by atoms with Crippen LogP contribution in [0.5, 0.6) is 11.5 Å². The lowest BCUT2D eigenvalue weighted by Gasteiger charge is -2.14. The molecule has 0 fully saturated rings. The van der Waals surface area contributed by atoms with Crippen molar-refractivity contribution >= 4 is 11.6 Å². The fraction of sp³-hybridized carbons (Fsp3) is 0.267. The van der Waals surface area contributed by atoms with Gasteiger partial charge in [0.05, 0.1) is 0 Å². The molecular formula is C15H17ClN2O. The second kappa shape index (κ2) is 5.59. The number of nitrogens with zero attached hydrogens (tertiary/aromatic N) is 1. The van der Waals surface area contributed by atoms with Crippen molar-refractivity contribution in [3.8, 4) is 11.5 Å². The molecule has 2 aromatic rings. The van der Waals surface area contributed by atoms with E-state index in [9.17, 15) is 0 Å². The lowest BCUT2D eigenvalue weighted by atomic mass is 10.1. The molecule has 0 aliphatic heterocycles. The van der Waals surface area contributed by atoms with Crippen LogP contribution in [-0.4, -0.2) is 4.98 Å². The Hall–Kier alpha value is -1.58. The molecule has 0 spiro atoms. The minimum Gasteiger partial charge on any atom is -0.457 e. The summed E-state index contributed by atoms with van der Waals surface area (Å²) in [5, 5.41) is 0.650. The van der Waals surface area contributed by atoms with E-state index in [4.69, 9.17) is 22.1 Å². The van der Waals surface area contributed by atoms with Crippen LogP contribution in [0.2, 0.25) is 5.02 Å². The first-order valence-corrected chi connectivity index (χ1v) is 6.50. The summed E-state index contributed by atoms with van der Waals surface area (Å²) in [6.07, 6.45) is 0. The van der Waals surface area contributed by atoms with Crippen LogP contribution in [0.25, 0.3) is 0 Å². The third kappa shape index (κ3) is 3.06. The zero-order valence-corrected chi connectivity index (χ0v) is 12.1. The molecule has 0 amide bonds.